The van der Waals surface area contributed by atoms with Crippen LogP contribution in [-0.4, -0.2) is 30.9 Å². The average Bonchev–Trinajstić information content (AvgIpc) is 2.72. The second kappa shape index (κ2) is 4.59. The summed E-state index contributed by atoms with van der Waals surface area (Å²) >= 11 is 0. The Hall–Kier alpha value is -0.840. The number of hydrogen-bond acceptors (Lipinski definition) is 4. The van der Waals surface area contributed by atoms with E-state index in [0.717, 1.165) is 13.2 Å². The molecule has 14 heavy (non-hydrogen) atoms. The fourth-order valence-corrected chi connectivity index (χ4v) is 1.64. The predicted molar refractivity (Wildman–Crippen MR) is 50.9 cm³/mol. The number of furan rings is 1. The van der Waals surface area contributed by atoms with Gasteiger partial charge in [-0.1, -0.05) is 0 Å². The van der Waals surface area contributed by atoms with E-state index in [9.17, 15) is 5.11 Å². The van der Waals surface area contributed by atoms with Crippen molar-refractivity contribution in [3.05, 3.63) is 24.2 Å². The van der Waals surface area contributed by atoms with Crippen LogP contribution in [0.2, 0.25) is 0 Å². The van der Waals surface area contributed by atoms with Gasteiger partial charge in [-0.2, -0.15) is 0 Å². The number of nitrogens with one attached hydrogen (secondary N) is 1. The van der Waals surface area contributed by atoms with Gasteiger partial charge in [0.25, 0.3) is 0 Å². The molecule has 0 saturated carbocycles. The Morgan fingerprint density at radius 1 is 1.64 bits per heavy atom. The van der Waals surface area contributed by atoms with E-state index in [-0.39, 0.29) is 6.04 Å². The lowest BCUT2D eigenvalue weighted by Gasteiger charge is -2.25. The van der Waals surface area contributed by atoms with Crippen molar-refractivity contribution >= 4 is 0 Å². The maximum atomic E-state index is 9.77. The van der Waals surface area contributed by atoms with E-state index in [1.165, 1.54) is 0 Å². The van der Waals surface area contributed by atoms with Crippen LogP contribution in [0.3, 0.4) is 0 Å². The molecule has 1 aromatic rings. The number of rotatable bonds is 3. The predicted octanol–water partition coefficient (Wildman–Crippen LogP) is 0.691. The van der Waals surface area contributed by atoms with Gasteiger partial charge in [0.1, 0.15) is 11.9 Å². The van der Waals surface area contributed by atoms with Crippen molar-refractivity contribution in [1.29, 1.82) is 0 Å². The minimum absolute atomic E-state index is 0.226. The molecule has 0 bridgehead atoms. The van der Waals surface area contributed by atoms with Gasteiger partial charge in [0.15, 0.2) is 0 Å². The van der Waals surface area contributed by atoms with Gasteiger partial charge < -0.3 is 19.6 Å². The van der Waals surface area contributed by atoms with Crippen molar-refractivity contribution in [2.45, 2.75) is 18.6 Å². The second-order valence-corrected chi connectivity index (χ2v) is 3.49. The van der Waals surface area contributed by atoms with Gasteiger partial charge in [-0.05, 0) is 18.6 Å². The number of aliphatic hydroxyl groups excluding tert-OH is 1. The molecule has 1 saturated heterocycles. The molecule has 4 nitrogen and oxygen atoms in total. The van der Waals surface area contributed by atoms with Crippen LogP contribution in [0.5, 0.6) is 0 Å². The summed E-state index contributed by atoms with van der Waals surface area (Å²) in [5.41, 5.74) is 0. The first-order chi connectivity index (χ1) is 6.86. The SMILES string of the molecule is O[C@@H](C[C@@H]1COCCN1)c1ccco1. The molecule has 4 heteroatoms. The first-order valence-corrected chi connectivity index (χ1v) is 4.89. The van der Waals surface area contributed by atoms with E-state index < -0.39 is 6.10 Å². The summed E-state index contributed by atoms with van der Waals surface area (Å²) in [6.45, 7) is 2.28. The molecule has 0 spiro atoms. The van der Waals surface area contributed by atoms with Gasteiger partial charge in [0.2, 0.25) is 0 Å². The number of morpholine rings is 1. The molecular weight excluding hydrogens is 182 g/mol. The van der Waals surface area contributed by atoms with Crippen LogP contribution in [0, 0.1) is 0 Å². The normalized spacial score (nSPS) is 24.8. The third-order valence-corrected chi connectivity index (χ3v) is 2.38. The Kier molecular flexibility index (Phi) is 3.18. The molecule has 2 heterocycles. The molecule has 1 aliphatic rings. The zero-order valence-electron chi connectivity index (χ0n) is 7.98. The summed E-state index contributed by atoms with van der Waals surface area (Å²) in [5, 5.41) is 13.1. The molecule has 2 atom stereocenters. The van der Waals surface area contributed by atoms with Gasteiger partial charge >= 0.3 is 0 Å². The van der Waals surface area contributed by atoms with Crippen molar-refractivity contribution < 1.29 is 14.3 Å². The zero-order chi connectivity index (χ0) is 9.80. The smallest absolute Gasteiger partial charge is 0.132 e. The Balaban J connectivity index is 1.84. The van der Waals surface area contributed by atoms with E-state index in [1.807, 2.05) is 0 Å². The standard InChI is InChI=1S/C10H15NO3/c12-9(10-2-1-4-14-10)6-8-7-13-5-3-11-8/h1-2,4,8-9,11-12H,3,5-7H2/t8-,9+/m1/s1. The highest BCUT2D eigenvalue weighted by atomic mass is 16.5. The van der Waals surface area contributed by atoms with Gasteiger partial charge in [-0.25, -0.2) is 0 Å². The van der Waals surface area contributed by atoms with Crippen molar-refractivity contribution in [3.8, 4) is 0 Å². The lowest BCUT2D eigenvalue weighted by atomic mass is 10.1. The molecular formula is C10H15NO3. The van der Waals surface area contributed by atoms with Crippen LogP contribution in [0.25, 0.3) is 0 Å². The van der Waals surface area contributed by atoms with Crippen LogP contribution >= 0.6 is 0 Å². The van der Waals surface area contributed by atoms with Crippen LogP contribution in [0.1, 0.15) is 18.3 Å². The summed E-state index contributed by atoms with van der Waals surface area (Å²) in [4.78, 5) is 0. The lowest BCUT2D eigenvalue weighted by Crippen LogP contribution is -2.42. The summed E-state index contributed by atoms with van der Waals surface area (Å²) in [5.74, 6) is 0.623. The van der Waals surface area contributed by atoms with E-state index >= 15 is 0 Å². The zero-order valence-corrected chi connectivity index (χ0v) is 7.98. The highest BCUT2D eigenvalue weighted by Crippen LogP contribution is 2.19. The molecule has 1 aromatic heterocycles. The van der Waals surface area contributed by atoms with Crippen molar-refractivity contribution in [2.75, 3.05) is 19.8 Å². The van der Waals surface area contributed by atoms with Crippen molar-refractivity contribution in [2.24, 2.45) is 0 Å². The second-order valence-electron chi connectivity index (χ2n) is 3.49. The third kappa shape index (κ3) is 2.35. The summed E-state index contributed by atoms with van der Waals surface area (Å²) < 4.78 is 10.4. The average molecular weight is 197 g/mol. The van der Waals surface area contributed by atoms with E-state index in [1.54, 1.807) is 18.4 Å². The van der Waals surface area contributed by atoms with Gasteiger partial charge in [0.05, 0.1) is 19.5 Å². The van der Waals surface area contributed by atoms with Crippen molar-refractivity contribution in [3.63, 3.8) is 0 Å². The van der Waals surface area contributed by atoms with E-state index in [2.05, 4.69) is 5.32 Å². The number of ether oxygens (including phenoxy) is 1. The first kappa shape index (κ1) is 9.71. The maximum Gasteiger partial charge on any atom is 0.132 e. The molecule has 1 aliphatic heterocycles. The fourth-order valence-electron chi connectivity index (χ4n) is 1.64. The molecule has 0 aliphatic carbocycles. The number of hydrogen-bond donors (Lipinski definition) is 2. The fraction of sp³-hybridized carbons (Fsp3) is 0.600. The molecule has 0 radical (unpaired) electrons. The quantitative estimate of drug-likeness (QED) is 0.748. The van der Waals surface area contributed by atoms with Crippen LogP contribution in [-0.2, 0) is 4.74 Å². The minimum Gasteiger partial charge on any atom is -0.467 e. The summed E-state index contributed by atoms with van der Waals surface area (Å²) in [6.07, 6.45) is 1.67. The topological polar surface area (TPSA) is 54.6 Å². The van der Waals surface area contributed by atoms with Gasteiger partial charge in [-0.15, -0.1) is 0 Å². The highest BCUT2D eigenvalue weighted by Gasteiger charge is 2.19. The Bertz CT molecular complexity index is 254. The molecule has 1 fully saturated rings. The Labute approximate surface area is 82.9 Å². The molecule has 78 valence electrons. The number of aliphatic hydroxyl groups is 1. The monoisotopic (exact) mass is 197 g/mol. The minimum atomic E-state index is -0.538. The van der Waals surface area contributed by atoms with Crippen LogP contribution in [0.4, 0.5) is 0 Å². The summed E-state index contributed by atoms with van der Waals surface area (Å²) in [7, 11) is 0. The maximum absolute atomic E-state index is 9.77. The molecule has 2 N–H and O–H groups in total. The molecule has 2 rings (SSSR count). The first-order valence-electron chi connectivity index (χ1n) is 4.89. The third-order valence-electron chi connectivity index (χ3n) is 2.38. The van der Waals surface area contributed by atoms with Crippen molar-refractivity contribution in [1.82, 2.24) is 5.32 Å². The van der Waals surface area contributed by atoms with Gasteiger partial charge in [-0.3, -0.25) is 0 Å². The molecule has 0 amide bonds. The van der Waals surface area contributed by atoms with Gasteiger partial charge in [0, 0.05) is 12.6 Å². The lowest BCUT2D eigenvalue weighted by molar-refractivity contribution is 0.0468. The highest BCUT2D eigenvalue weighted by molar-refractivity contribution is 5.02. The van der Waals surface area contributed by atoms with Crippen LogP contribution < -0.4 is 5.32 Å². The molecule has 0 unspecified atom stereocenters. The molecule has 0 aromatic carbocycles. The largest absolute Gasteiger partial charge is 0.467 e. The van der Waals surface area contributed by atoms with E-state index in [4.69, 9.17) is 9.15 Å². The Morgan fingerprint density at radius 2 is 2.57 bits per heavy atom. The Morgan fingerprint density at radius 3 is 3.21 bits per heavy atom. The van der Waals surface area contributed by atoms with Crippen LogP contribution in [0.15, 0.2) is 22.8 Å². The summed E-state index contributed by atoms with van der Waals surface area (Å²) in [6, 6.07) is 3.79. The van der Waals surface area contributed by atoms with E-state index in [0.29, 0.717) is 18.8 Å².